The first-order chi connectivity index (χ1) is 11.6. The maximum Gasteiger partial charge on any atom is 0.329 e. The van der Waals surface area contributed by atoms with Crippen LogP contribution in [0.5, 0.6) is 0 Å². The second-order valence-corrected chi connectivity index (χ2v) is 6.17. The predicted octanol–water partition coefficient (Wildman–Crippen LogP) is 3.36. The van der Waals surface area contributed by atoms with Crippen LogP contribution in [-0.2, 0) is 14.3 Å². The molecule has 1 amide bonds. The molecular weight excluding hydrogens is 306 g/mol. The molecule has 0 unspecified atom stereocenters. The lowest BCUT2D eigenvalue weighted by molar-refractivity contribution is -0.144. The highest BCUT2D eigenvalue weighted by Gasteiger charge is 2.38. The number of benzene rings is 1. The summed E-state index contributed by atoms with van der Waals surface area (Å²) in [6, 6.07) is 6.72. The Hall–Kier alpha value is -1.88. The van der Waals surface area contributed by atoms with Crippen molar-refractivity contribution < 1.29 is 19.4 Å². The van der Waals surface area contributed by atoms with Crippen LogP contribution in [0.4, 0.5) is 5.69 Å². The van der Waals surface area contributed by atoms with Gasteiger partial charge in [0.05, 0.1) is 12.7 Å². The van der Waals surface area contributed by atoms with Gasteiger partial charge in [0.1, 0.15) is 6.04 Å². The normalized spacial score (nSPS) is 18.7. The quantitative estimate of drug-likeness (QED) is 0.585. The van der Waals surface area contributed by atoms with E-state index in [1.807, 2.05) is 12.1 Å². The summed E-state index contributed by atoms with van der Waals surface area (Å²) in [6.45, 7) is 4.20. The zero-order valence-electron chi connectivity index (χ0n) is 14.5. The summed E-state index contributed by atoms with van der Waals surface area (Å²) in [5, 5.41) is 10.2. The van der Waals surface area contributed by atoms with Gasteiger partial charge in [0.25, 0.3) is 0 Å². The number of hydrogen-bond acceptors (Lipinski definition) is 4. The topological polar surface area (TPSA) is 66.8 Å². The summed E-state index contributed by atoms with van der Waals surface area (Å²) < 4.78 is 5.07. The van der Waals surface area contributed by atoms with Crippen LogP contribution in [0.3, 0.4) is 0 Å². The van der Waals surface area contributed by atoms with E-state index in [4.69, 9.17) is 4.74 Å². The molecule has 1 aliphatic heterocycles. The minimum atomic E-state index is -0.544. The van der Waals surface area contributed by atoms with Crippen LogP contribution in [0.15, 0.2) is 24.3 Å². The summed E-state index contributed by atoms with van der Waals surface area (Å²) in [4.78, 5) is 25.7. The van der Waals surface area contributed by atoms with Gasteiger partial charge < -0.3 is 9.84 Å². The van der Waals surface area contributed by atoms with Crippen molar-refractivity contribution in [2.45, 2.75) is 64.5 Å². The molecule has 0 bridgehead atoms. The molecule has 0 spiro atoms. The third-order valence-electron chi connectivity index (χ3n) is 4.41. The Labute approximate surface area is 143 Å². The molecular formula is C19H27NO4. The van der Waals surface area contributed by atoms with Crippen molar-refractivity contribution in [2.24, 2.45) is 0 Å². The maximum atomic E-state index is 12.2. The lowest BCUT2D eigenvalue weighted by Crippen LogP contribution is -2.39. The molecule has 1 fully saturated rings. The number of nitrogens with zero attached hydrogens (tertiary/aromatic N) is 1. The Morgan fingerprint density at radius 3 is 2.62 bits per heavy atom. The van der Waals surface area contributed by atoms with Crippen LogP contribution in [-0.4, -0.2) is 29.6 Å². The summed E-state index contributed by atoms with van der Waals surface area (Å²) in [5.74, 6) is -0.420. The lowest BCUT2D eigenvalue weighted by Gasteiger charge is -2.23. The van der Waals surface area contributed by atoms with E-state index in [-0.39, 0.29) is 11.9 Å². The molecule has 2 atom stereocenters. The lowest BCUT2D eigenvalue weighted by atomic mass is 10.0. The number of aliphatic hydroxyl groups excluding tert-OH is 1. The molecule has 0 radical (unpaired) electrons. The van der Waals surface area contributed by atoms with E-state index in [9.17, 15) is 14.7 Å². The monoisotopic (exact) mass is 333 g/mol. The number of carbonyl (C=O) groups is 2. The molecule has 24 heavy (non-hydrogen) atoms. The van der Waals surface area contributed by atoms with Crippen molar-refractivity contribution in [1.29, 1.82) is 0 Å². The average molecular weight is 333 g/mol. The third kappa shape index (κ3) is 4.35. The van der Waals surface area contributed by atoms with Crippen molar-refractivity contribution in [1.82, 2.24) is 0 Å². The number of unbranched alkanes of at least 4 members (excludes halogenated alkanes) is 2. The number of amides is 1. The molecule has 0 saturated carbocycles. The molecule has 1 N–H and O–H groups in total. The number of aliphatic hydroxyl groups is 1. The van der Waals surface area contributed by atoms with Crippen LogP contribution in [0.25, 0.3) is 0 Å². The van der Waals surface area contributed by atoms with E-state index in [0.717, 1.165) is 31.2 Å². The molecule has 1 aliphatic rings. The first-order valence-electron chi connectivity index (χ1n) is 8.85. The maximum absolute atomic E-state index is 12.2. The molecule has 1 saturated heterocycles. The number of rotatable bonds is 8. The zero-order chi connectivity index (χ0) is 17.5. The molecule has 1 aromatic carbocycles. The van der Waals surface area contributed by atoms with E-state index >= 15 is 0 Å². The SMILES string of the molecule is CCCCC[C@H](O)c1ccc(N2C(=O)CC[C@@H]2C(=O)OCC)cc1. The average Bonchev–Trinajstić information content (AvgIpc) is 2.97. The number of carbonyl (C=O) groups excluding carboxylic acids is 2. The summed E-state index contributed by atoms with van der Waals surface area (Å²) in [7, 11) is 0. The van der Waals surface area contributed by atoms with Gasteiger partial charge in [-0.2, -0.15) is 0 Å². The Morgan fingerprint density at radius 1 is 1.29 bits per heavy atom. The molecule has 1 aromatic rings. The van der Waals surface area contributed by atoms with Crippen molar-refractivity contribution in [2.75, 3.05) is 11.5 Å². The zero-order valence-corrected chi connectivity index (χ0v) is 14.5. The second kappa shape index (κ2) is 8.83. The molecule has 0 aromatic heterocycles. The van der Waals surface area contributed by atoms with Gasteiger partial charge in [-0.15, -0.1) is 0 Å². The van der Waals surface area contributed by atoms with Crippen LogP contribution in [0.2, 0.25) is 0 Å². The molecule has 1 heterocycles. The number of anilines is 1. The Bertz CT molecular complexity index is 555. The van der Waals surface area contributed by atoms with Gasteiger partial charge in [0.15, 0.2) is 0 Å². The Morgan fingerprint density at radius 2 is 2.00 bits per heavy atom. The highest BCUT2D eigenvalue weighted by atomic mass is 16.5. The van der Waals surface area contributed by atoms with Crippen molar-refractivity contribution in [3.63, 3.8) is 0 Å². The molecule has 5 heteroatoms. The van der Waals surface area contributed by atoms with Crippen molar-refractivity contribution >= 4 is 17.6 Å². The van der Waals surface area contributed by atoms with Gasteiger partial charge >= 0.3 is 5.97 Å². The van der Waals surface area contributed by atoms with Gasteiger partial charge in [0, 0.05) is 12.1 Å². The number of esters is 1. The van der Waals surface area contributed by atoms with Crippen molar-refractivity contribution in [3.05, 3.63) is 29.8 Å². The van der Waals surface area contributed by atoms with Crippen molar-refractivity contribution in [3.8, 4) is 0 Å². The fourth-order valence-electron chi connectivity index (χ4n) is 3.08. The van der Waals surface area contributed by atoms with E-state index in [1.54, 1.807) is 19.1 Å². The summed E-state index contributed by atoms with van der Waals surface area (Å²) in [5.41, 5.74) is 1.52. The van der Waals surface area contributed by atoms with Gasteiger partial charge in [-0.1, -0.05) is 38.3 Å². The highest BCUT2D eigenvalue weighted by molar-refractivity contribution is 6.02. The molecule has 0 aliphatic carbocycles. The van der Waals surface area contributed by atoms with E-state index in [1.165, 1.54) is 4.90 Å². The van der Waals surface area contributed by atoms with Crippen LogP contribution in [0.1, 0.15) is 64.0 Å². The van der Waals surface area contributed by atoms with Crippen LogP contribution >= 0.6 is 0 Å². The molecule has 132 valence electrons. The fraction of sp³-hybridized carbons (Fsp3) is 0.579. The molecule has 5 nitrogen and oxygen atoms in total. The fourth-order valence-corrected chi connectivity index (χ4v) is 3.08. The van der Waals surface area contributed by atoms with E-state index in [2.05, 4.69) is 6.92 Å². The predicted molar refractivity (Wildman–Crippen MR) is 92.7 cm³/mol. The van der Waals surface area contributed by atoms with Crippen LogP contribution < -0.4 is 4.90 Å². The van der Waals surface area contributed by atoms with Gasteiger partial charge in [-0.3, -0.25) is 9.69 Å². The minimum Gasteiger partial charge on any atom is -0.464 e. The van der Waals surface area contributed by atoms with Gasteiger partial charge in [-0.25, -0.2) is 4.79 Å². The smallest absolute Gasteiger partial charge is 0.329 e. The summed E-state index contributed by atoms with van der Waals surface area (Å²) in [6.07, 6.45) is 4.32. The molecule has 2 rings (SSSR count). The largest absolute Gasteiger partial charge is 0.464 e. The minimum absolute atomic E-state index is 0.0655. The van der Waals surface area contributed by atoms with Gasteiger partial charge in [0.2, 0.25) is 5.91 Å². The number of hydrogen-bond donors (Lipinski definition) is 1. The standard InChI is InChI=1S/C19H27NO4/c1-3-5-6-7-17(21)14-8-10-15(11-9-14)20-16(12-13-18(20)22)19(23)24-4-2/h8-11,16-17,21H,3-7,12-13H2,1-2H3/t16-,17+/m1/s1. The Kier molecular flexibility index (Phi) is 6.79. The number of ether oxygens (including phenoxy) is 1. The van der Waals surface area contributed by atoms with E-state index < -0.39 is 12.1 Å². The summed E-state index contributed by atoms with van der Waals surface area (Å²) >= 11 is 0. The second-order valence-electron chi connectivity index (χ2n) is 6.17. The van der Waals surface area contributed by atoms with Crippen LogP contribution in [0, 0.1) is 0 Å². The first-order valence-corrected chi connectivity index (χ1v) is 8.85. The van der Waals surface area contributed by atoms with Gasteiger partial charge in [-0.05, 0) is 37.5 Å². The highest BCUT2D eigenvalue weighted by Crippen LogP contribution is 2.29. The third-order valence-corrected chi connectivity index (χ3v) is 4.41. The first kappa shape index (κ1) is 18.5. The van der Waals surface area contributed by atoms with E-state index in [0.29, 0.717) is 25.1 Å². The Balaban J connectivity index is 2.08.